The van der Waals surface area contributed by atoms with Crippen LogP contribution in [0.25, 0.3) is 5.69 Å². The summed E-state index contributed by atoms with van der Waals surface area (Å²) in [4.78, 5) is 12.2. The molecule has 0 bridgehead atoms. The van der Waals surface area contributed by atoms with Crippen LogP contribution < -0.4 is 5.32 Å². The summed E-state index contributed by atoms with van der Waals surface area (Å²) in [6, 6.07) is 17.8. The van der Waals surface area contributed by atoms with Crippen LogP contribution in [0.1, 0.15) is 28.4 Å². The lowest BCUT2D eigenvalue weighted by Crippen LogP contribution is -2.25. The molecule has 134 valence electrons. The fourth-order valence-electron chi connectivity index (χ4n) is 2.61. The van der Waals surface area contributed by atoms with Crippen molar-refractivity contribution < 1.29 is 4.79 Å². The number of amides is 1. The highest BCUT2D eigenvalue weighted by Gasteiger charge is 2.06. The Bertz CT molecular complexity index is 828. The first kappa shape index (κ1) is 18.3. The molecule has 0 atom stereocenters. The van der Waals surface area contributed by atoms with E-state index in [1.807, 2.05) is 83.4 Å². The minimum atomic E-state index is -0.0323. The molecule has 2 aromatic carbocycles. The number of rotatable bonds is 8. The predicted octanol–water partition coefficient (Wildman–Crippen LogP) is 4.10. The van der Waals surface area contributed by atoms with E-state index in [2.05, 4.69) is 17.3 Å². The number of hydrogen-bond donors (Lipinski definition) is 1. The fourth-order valence-corrected chi connectivity index (χ4v) is 3.24. The van der Waals surface area contributed by atoms with Crippen molar-refractivity contribution in [3.05, 3.63) is 83.7 Å². The Kier molecular flexibility index (Phi) is 6.50. The Morgan fingerprint density at radius 1 is 1.08 bits per heavy atom. The van der Waals surface area contributed by atoms with E-state index in [9.17, 15) is 4.79 Å². The lowest BCUT2D eigenvalue weighted by atomic mass is 10.1. The molecule has 0 unspecified atom stereocenters. The lowest BCUT2D eigenvalue weighted by molar-refractivity contribution is 0.0954. The Morgan fingerprint density at radius 2 is 1.85 bits per heavy atom. The molecule has 1 amide bonds. The highest BCUT2D eigenvalue weighted by molar-refractivity contribution is 7.98. The Hall–Kier alpha value is -2.53. The van der Waals surface area contributed by atoms with Gasteiger partial charge in [-0.3, -0.25) is 4.79 Å². The molecule has 3 aromatic rings. The van der Waals surface area contributed by atoms with Crippen molar-refractivity contribution in [1.82, 2.24) is 15.1 Å². The van der Waals surface area contributed by atoms with Gasteiger partial charge in [-0.2, -0.15) is 16.9 Å². The maximum Gasteiger partial charge on any atom is 0.251 e. The number of hydrogen-bond acceptors (Lipinski definition) is 3. The summed E-state index contributed by atoms with van der Waals surface area (Å²) in [6.07, 6.45) is 4.60. The number of nitrogens with zero attached hydrogens (tertiary/aromatic N) is 2. The van der Waals surface area contributed by atoms with Crippen molar-refractivity contribution in [2.24, 2.45) is 0 Å². The van der Waals surface area contributed by atoms with E-state index in [0.717, 1.165) is 29.2 Å². The van der Waals surface area contributed by atoms with Crippen LogP contribution in [0, 0.1) is 0 Å². The average Bonchev–Trinajstić information content (AvgIpc) is 3.16. The molecule has 1 heterocycles. The van der Waals surface area contributed by atoms with Crippen LogP contribution in [0.15, 0.2) is 67.0 Å². The molecule has 1 N–H and O–H groups in total. The zero-order valence-electron chi connectivity index (χ0n) is 14.9. The van der Waals surface area contributed by atoms with E-state index in [1.165, 1.54) is 5.56 Å². The van der Waals surface area contributed by atoms with Crippen molar-refractivity contribution in [2.75, 3.05) is 12.3 Å². The SMILES string of the molecule is CCSCc1ccc(C(=O)NCCc2cnn(-c3ccccc3)c2)cc1. The van der Waals surface area contributed by atoms with Gasteiger partial charge in [-0.15, -0.1) is 0 Å². The highest BCUT2D eigenvalue weighted by Crippen LogP contribution is 2.13. The maximum atomic E-state index is 12.2. The maximum absolute atomic E-state index is 12.2. The van der Waals surface area contributed by atoms with E-state index in [4.69, 9.17) is 0 Å². The van der Waals surface area contributed by atoms with Crippen LogP contribution in [0.4, 0.5) is 0 Å². The van der Waals surface area contributed by atoms with E-state index in [1.54, 1.807) is 0 Å². The molecule has 0 aliphatic carbocycles. The number of para-hydroxylation sites is 1. The van der Waals surface area contributed by atoms with Crippen LogP contribution in [0.3, 0.4) is 0 Å². The van der Waals surface area contributed by atoms with Gasteiger partial charge in [-0.05, 0) is 47.6 Å². The molecule has 0 fully saturated rings. The molecule has 0 aliphatic rings. The van der Waals surface area contributed by atoms with Crippen molar-refractivity contribution in [1.29, 1.82) is 0 Å². The molecular formula is C21H23N3OS. The Balaban J connectivity index is 1.49. The van der Waals surface area contributed by atoms with Gasteiger partial charge in [0.05, 0.1) is 11.9 Å². The number of benzene rings is 2. The van der Waals surface area contributed by atoms with Crippen molar-refractivity contribution in [3.8, 4) is 5.69 Å². The number of carbonyl (C=O) groups excluding carboxylic acids is 1. The van der Waals surface area contributed by atoms with Crippen LogP contribution in [0.2, 0.25) is 0 Å². The van der Waals surface area contributed by atoms with Gasteiger partial charge in [0.2, 0.25) is 0 Å². The summed E-state index contributed by atoms with van der Waals surface area (Å²) in [5, 5.41) is 7.36. The molecule has 26 heavy (non-hydrogen) atoms. The standard InChI is InChI=1S/C21H23N3OS/c1-2-26-16-17-8-10-19(11-9-17)21(25)22-13-12-18-14-23-24(15-18)20-6-4-3-5-7-20/h3-11,14-15H,2,12-13,16H2,1H3,(H,22,25). The zero-order valence-corrected chi connectivity index (χ0v) is 15.7. The number of nitrogens with one attached hydrogen (secondary N) is 1. The molecule has 5 heteroatoms. The largest absolute Gasteiger partial charge is 0.352 e. The molecule has 0 saturated carbocycles. The van der Waals surface area contributed by atoms with Crippen LogP contribution in [-0.4, -0.2) is 28.0 Å². The van der Waals surface area contributed by atoms with Gasteiger partial charge < -0.3 is 5.32 Å². The monoisotopic (exact) mass is 365 g/mol. The second-order valence-electron chi connectivity index (χ2n) is 5.97. The number of aromatic nitrogens is 2. The van der Waals surface area contributed by atoms with E-state index >= 15 is 0 Å². The first-order chi connectivity index (χ1) is 12.8. The summed E-state index contributed by atoms with van der Waals surface area (Å²) >= 11 is 1.88. The van der Waals surface area contributed by atoms with E-state index < -0.39 is 0 Å². The summed E-state index contributed by atoms with van der Waals surface area (Å²) in [6.45, 7) is 2.74. The third kappa shape index (κ3) is 4.99. The minimum absolute atomic E-state index is 0.0323. The van der Waals surface area contributed by atoms with Crippen LogP contribution in [0.5, 0.6) is 0 Å². The van der Waals surface area contributed by atoms with Gasteiger partial charge in [0.1, 0.15) is 0 Å². The van der Waals surface area contributed by atoms with Gasteiger partial charge in [-0.25, -0.2) is 4.68 Å². The van der Waals surface area contributed by atoms with Gasteiger partial charge in [0.15, 0.2) is 0 Å². The second kappa shape index (κ2) is 9.25. The molecule has 0 spiro atoms. The molecular weight excluding hydrogens is 342 g/mol. The summed E-state index contributed by atoms with van der Waals surface area (Å²) in [5.41, 5.74) is 4.09. The molecule has 4 nitrogen and oxygen atoms in total. The summed E-state index contributed by atoms with van der Waals surface area (Å²) in [7, 11) is 0. The Morgan fingerprint density at radius 3 is 2.58 bits per heavy atom. The van der Waals surface area contributed by atoms with Crippen molar-refractivity contribution >= 4 is 17.7 Å². The molecule has 0 saturated heterocycles. The first-order valence-electron chi connectivity index (χ1n) is 8.80. The zero-order chi connectivity index (χ0) is 18.2. The van der Waals surface area contributed by atoms with Crippen molar-refractivity contribution in [3.63, 3.8) is 0 Å². The minimum Gasteiger partial charge on any atom is -0.352 e. The van der Waals surface area contributed by atoms with Gasteiger partial charge >= 0.3 is 0 Å². The molecule has 0 radical (unpaired) electrons. The smallest absolute Gasteiger partial charge is 0.251 e. The molecule has 1 aromatic heterocycles. The summed E-state index contributed by atoms with van der Waals surface area (Å²) < 4.78 is 1.85. The van der Waals surface area contributed by atoms with E-state index in [0.29, 0.717) is 12.1 Å². The van der Waals surface area contributed by atoms with Crippen LogP contribution >= 0.6 is 11.8 Å². The fraction of sp³-hybridized carbons (Fsp3) is 0.238. The topological polar surface area (TPSA) is 46.9 Å². The third-order valence-electron chi connectivity index (χ3n) is 4.05. The van der Waals surface area contributed by atoms with Gasteiger partial charge in [0, 0.05) is 24.1 Å². The predicted molar refractivity (Wildman–Crippen MR) is 108 cm³/mol. The third-order valence-corrected chi connectivity index (χ3v) is 4.99. The van der Waals surface area contributed by atoms with Crippen LogP contribution in [-0.2, 0) is 12.2 Å². The molecule has 3 rings (SSSR count). The van der Waals surface area contributed by atoms with E-state index in [-0.39, 0.29) is 5.91 Å². The lowest BCUT2D eigenvalue weighted by Gasteiger charge is -2.06. The van der Waals surface area contributed by atoms with Crippen molar-refractivity contribution in [2.45, 2.75) is 19.1 Å². The first-order valence-corrected chi connectivity index (χ1v) is 9.95. The highest BCUT2D eigenvalue weighted by atomic mass is 32.2. The Labute approximate surface area is 158 Å². The number of carbonyl (C=O) groups is 1. The number of thioether (sulfide) groups is 1. The average molecular weight is 366 g/mol. The molecule has 0 aliphatic heterocycles. The second-order valence-corrected chi connectivity index (χ2v) is 7.24. The normalized spacial score (nSPS) is 10.7. The summed E-state index contributed by atoms with van der Waals surface area (Å²) in [5.74, 6) is 2.06. The quantitative estimate of drug-likeness (QED) is 0.654. The van der Waals surface area contributed by atoms with Gasteiger partial charge in [0.25, 0.3) is 5.91 Å². The van der Waals surface area contributed by atoms with Gasteiger partial charge in [-0.1, -0.05) is 37.3 Å².